The first-order chi connectivity index (χ1) is 24.0. The van der Waals surface area contributed by atoms with Gasteiger partial charge in [-0.2, -0.15) is 0 Å². The van der Waals surface area contributed by atoms with Crippen LogP contribution in [0.25, 0.3) is 0 Å². The number of hydrogen-bond acceptors (Lipinski definition) is 7. The van der Waals surface area contributed by atoms with E-state index in [9.17, 15) is 14.7 Å². The molecule has 0 saturated carbocycles. The summed E-state index contributed by atoms with van der Waals surface area (Å²) in [5.41, 5.74) is 3.80. The highest BCUT2D eigenvalue weighted by Crippen LogP contribution is 2.44. The van der Waals surface area contributed by atoms with Crippen LogP contribution in [0.5, 0.6) is 0 Å². The topological polar surface area (TPSA) is 119 Å². The van der Waals surface area contributed by atoms with Crippen molar-refractivity contribution in [3.05, 3.63) is 156 Å². The summed E-state index contributed by atoms with van der Waals surface area (Å²) >= 11 is 0. The zero-order chi connectivity index (χ0) is 34.0. The molecule has 0 bridgehead atoms. The van der Waals surface area contributed by atoms with Gasteiger partial charge < -0.3 is 26.0 Å². The Balaban J connectivity index is 1.32. The van der Waals surface area contributed by atoms with Gasteiger partial charge in [-0.05, 0) is 73.3 Å². The van der Waals surface area contributed by atoms with Gasteiger partial charge in [0.15, 0.2) is 0 Å². The highest BCUT2D eigenvalue weighted by atomic mass is 16.3. The van der Waals surface area contributed by atoms with Crippen molar-refractivity contribution in [2.75, 3.05) is 24.2 Å². The normalized spacial score (nSPS) is 16.7. The van der Waals surface area contributed by atoms with Crippen LogP contribution in [-0.4, -0.2) is 57.5 Å². The molecule has 1 aliphatic heterocycles. The number of nitrogens with zero attached hydrogens (tertiary/aromatic N) is 3. The van der Waals surface area contributed by atoms with Gasteiger partial charge >= 0.3 is 0 Å². The van der Waals surface area contributed by atoms with E-state index in [-0.39, 0.29) is 11.8 Å². The Labute approximate surface area is 287 Å². The van der Waals surface area contributed by atoms with Crippen molar-refractivity contribution in [3.8, 4) is 0 Å². The molecule has 0 spiro atoms. The maximum Gasteiger partial charge on any atom is 0.247 e. The molecule has 1 aliphatic rings. The summed E-state index contributed by atoms with van der Waals surface area (Å²) in [4.78, 5) is 38.9. The van der Waals surface area contributed by atoms with Crippen LogP contribution in [0.3, 0.4) is 0 Å². The molecule has 49 heavy (non-hydrogen) atoms. The van der Waals surface area contributed by atoms with Gasteiger partial charge in [0.05, 0.1) is 24.1 Å². The second kappa shape index (κ2) is 16.1. The van der Waals surface area contributed by atoms with E-state index >= 15 is 0 Å². The van der Waals surface area contributed by atoms with E-state index in [1.165, 1.54) is 0 Å². The molecule has 0 radical (unpaired) electrons. The molecule has 2 aromatic heterocycles. The number of benzene rings is 3. The van der Waals surface area contributed by atoms with Crippen LogP contribution in [0.15, 0.2) is 134 Å². The predicted molar refractivity (Wildman–Crippen MR) is 192 cm³/mol. The summed E-state index contributed by atoms with van der Waals surface area (Å²) in [5.74, 6) is -0.308. The third-order valence-corrected chi connectivity index (χ3v) is 9.16. The van der Waals surface area contributed by atoms with E-state index in [2.05, 4.69) is 20.9 Å². The van der Waals surface area contributed by atoms with Crippen LogP contribution >= 0.6 is 0 Å². The van der Waals surface area contributed by atoms with E-state index < -0.39 is 30.1 Å². The minimum Gasteiger partial charge on any atom is -0.388 e. The maximum atomic E-state index is 14.1. The molecule has 5 atom stereocenters. The van der Waals surface area contributed by atoms with E-state index in [0.29, 0.717) is 36.6 Å². The van der Waals surface area contributed by atoms with Crippen molar-refractivity contribution in [2.45, 2.75) is 49.4 Å². The summed E-state index contributed by atoms with van der Waals surface area (Å²) < 4.78 is 0. The van der Waals surface area contributed by atoms with Crippen LogP contribution in [0, 0.1) is 0 Å². The van der Waals surface area contributed by atoms with Crippen molar-refractivity contribution in [3.63, 3.8) is 0 Å². The fourth-order valence-corrected chi connectivity index (χ4v) is 6.68. The standard InChI is InChI=1S/C40H42N6O3/c1-41-33(27-28-15-4-2-5-16-28)40(49)46-26-14-22-34(46)39(48)44-31-20-9-8-19-30(31)37(45-35-23-11-13-25-43-35)36(32-21-10-12-24-42-32)38(47)29-17-6-3-7-18-29/h2-13,15-21,23-25,33-34,36-38,41,47H,14,22,26-27H2,1H3,(H,43,45)(H,44,48)/t33-,34-,36-,37+,38+/m0/s1. The van der Waals surface area contributed by atoms with E-state index in [4.69, 9.17) is 4.98 Å². The van der Waals surface area contributed by atoms with Gasteiger partial charge in [0, 0.05) is 30.3 Å². The summed E-state index contributed by atoms with van der Waals surface area (Å²) in [6.45, 7) is 0.514. The molecular formula is C40H42N6O3. The van der Waals surface area contributed by atoms with Crippen molar-refractivity contribution in [1.82, 2.24) is 20.2 Å². The lowest BCUT2D eigenvalue weighted by molar-refractivity contribution is -0.138. The van der Waals surface area contributed by atoms with Crippen molar-refractivity contribution in [1.29, 1.82) is 0 Å². The zero-order valence-corrected chi connectivity index (χ0v) is 27.5. The Morgan fingerprint density at radius 3 is 2.20 bits per heavy atom. The predicted octanol–water partition coefficient (Wildman–Crippen LogP) is 5.91. The van der Waals surface area contributed by atoms with Crippen LogP contribution in [-0.2, 0) is 16.0 Å². The van der Waals surface area contributed by atoms with E-state index in [0.717, 1.165) is 23.1 Å². The Kier molecular flexibility index (Phi) is 11.0. The summed E-state index contributed by atoms with van der Waals surface area (Å²) in [6.07, 6.45) is 4.31. The van der Waals surface area contributed by atoms with E-state index in [1.54, 1.807) is 24.3 Å². The van der Waals surface area contributed by atoms with Gasteiger partial charge in [0.1, 0.15) is 11.9 Å². The van der Waals surface area contributed by atoms with Crippen molar-refractivity contribution >= 4 is 23.3 Å². The number of anilines is 2. The molecule has 0 aliphatic carbocycles. The number of likely N-dealkylation sites (N-methyl/N-ethyl adjacent to an activating group) is 1. The number of aliphatic hydroxyl groups is 1. The quantitative estimate of drug-likeness (QED) is 0.125. The Bertz CT molecular complexity index is 1790. The summed E-state index contributed by atoms with van der Waals surface area (Å²) in [7, 11) is 1.78. The van der Waals surface area contributed by atoms with Gasteiger partial charge in [-0.3, -0.25) is 14.6 Å². The van der Waals surface area contributed by atoms with Crippen molar-refractivity contribution < 1.29 is 14.7 Å². The van der Waals surface area contributed by atoms with Crippen LogP contribution < -0.4 is 16.0 Å². The van der Waals surface area contributed by atoms with Crippen LogP contribution in [0.1, 0.15) is 53.3 Å². The van der Waals surface area contributed by atoms with Crippen LogP contribution in [0.2, 0.25) is 0 Å². The fraction of sp³-hybridized carbons (Fsp3) is 0.250. The number of pyridine rings is 2. The first-order valence-electron chi connectivity index (χ1n) is 16.8. The fourth-order valence-electron chi connectivity index (χ4n) is 6.68. The molecule has 3 heterocycles. The third-order valence-electron chi connectivity index (χ3n) is 9.16. The number of carbonyl (C=O) groups is 2. The third kappa shape index (κ3) is 8.02. The van der Waals surface area contributed by atoms with Gasteiger partial charge in [-0.25, -0.2) is 4.98 Å². The molecule has 2 amide bonds. The number of carbonyl (C=O) groups excluding carboxylic acids is 2. The number of likely N-dealkylation sites (tertiary alicyclic amines) is 1. The summed E-state index contributed by atoms with van der Waals surface area (Å²) in [5, 5.41) is 21.9. The van der Waals surface area contributed by atoms with Crippen molar-refractivity contribution in [2.24, 2.45) is 0 Å². The number of amides is 2. The molecule has 250 valence electrons. The minimum absolute atomic E-state index is 0.0896. The highest BCUT2D eigenvalue weighted by Gasteiger charge is 2.38. The Hall–Kier alpha value is -5.38. The lowest BCUT2D eigenvalue weighted by Gasteiger charge is -2.34. The average molecular weight is 655 g/mol. The number of hydrogen-bond donors (Lipinski definition) is 4. The molecule has 9 nitrogen and oxygen atoms in total. The average Bonchev–Trinajstić information content (AvgIpc) is 3.66. The second-order valence-electron chi connectivity index (χ2n) is 12.3. The Morgan fingerprint density at radius 2 is 1.51 bits per heavy atom. The summed E-state index contributed by atoms with van der Waals surface area (Å²) in [6, 6.07) is 36.6. The molecule has 6 rings (SSSR count). The molecule has 9 heteroatoms. The number of aliphatic hydroxyl groups excluding tert-OH is 1. The largest absolute Gasteiger partial charge is 0.388 e. The smallest absolute Gasteiger partial charge is 0.247 e. The van der Waals surface area contributed by atoms with Gasteiger partial charge in [-0.1, -0.05) is 91.0 Å². The minimum atomic E-state index is -0.952. The number of nitrogens with one attached hydrogen (secondary N) is 3. The maximum absolute atomic E-state index is 14.1. The molecule has 3 aromatic carbocycles. The first-order valence-corrected chi connectivity index (χ1v) is 16.8. The van der Waals surface area contributed by atoms with Gasteiger partial charge in [0.2, 0.25) is 11.8 Å². The molecule has 1 fully saturated rings. The second-order valence-corrected chi connectivity index (χ2v) is 12.3. The first kappa shape index (κ1) is 33.5. The van der Waals surface area contributed by atoms with E-state index in [1.807, 2.05) is 121 Å². The number of rotatable bonds is 13. The highest BCUT2D eigenvalue weighted by molar-refractivity contribution is 5.99. The van der Waals surface area contributed by atoms with Crippen LogP contribution in [0.4, 0.5) is 11.5 Å². The SMILES string of the molecule is CN[C@@H](Cc1ccccc1)C(=O)N1CCC[C@H]1C(=O)Nc1ccccc1[C@@H](Nc1ccccn1)[C@H](c1ccccn1)[C@H](O)c1ccccc1. The molecule has 4 N–H and O–H groups in total. The Morgan fingerprint density at radius 1 is 0.837 bits per heavy atom. The molecule has 1 saturated heterocycles. The molecule has 0 unspecified atom stereocenters. The van der Waals surface area contributed by atoms with Gasteiger partial charge in [0.25, 0.3) is 0 Å². The molecular weight excluding hydrogens is 612 g/mol. The number of para-hydroxylation sites is 1. The number of aromatic nitrogens is 2. The lowest BCUT2D eigenvalue weighted by Crippen LogP contribution is -2.51. The van der Waals surface area contributed by atoms with Gasteiger partial charge in [-0.15, -0.1) is 0 Å². The molecule has 5 aromatic rings. The zero-order valence-electron chi connectivity index (χ0n) is 27.5. The monoisotopic (exact) mass is 654 g/mol. The lowest BCUT2D eigenvalue weighted by atomic mass is 9.82.